The number of aryl methyl sites for hydroxylation is 1. The van der Waals surface area contributed by atoms with Crippen LogP contribution in [-0.2, 0) is 12.8 Å². The van der Waals surface area contributed by atoms with E-state index in [1.807, 2.05) is 35.0 Å². The van der Waals surface area contributed by atoms with Crippen LogP contribution in [0.5, 0.6) is 0 Å². The van der Waals surface area contributed by atoms with Gasteiger partial charge in [-0.25, -0.2) is 4.68 Å². The monoisotopic (exact) mass is 503 g/mol. The molecule has 34 heavy (non-hydrogen) atoms. The Labute approximate surface area is 215 Å². The van der Waals surface area contributed by atoms with Gasteiger partial charge >= 0.3 is 0 Å². The molecule has 0 aliphatic heterocycles. The Kier molecular flexibility index (Phi) is 9.98. The van der Waals surface area contributed by atoms with Crippen molar-refractivity contribution in [2.24, 2.45) is 0 Å². The highest BCUT2D eigenvalue weighted by molar-refractivity contribution is 5.96. The van der Waals surface area contributed by atoms with Crippen molar-refractivity contribution in [2.45, 2.75) is 26.7 Å². The number of halogens is 2. The summed E-state index contributed by atoms with van der Waals surface area (Å²) in [4.78, 5) is 17.6. The van der Waals surface area contributed by atoms with Crippen LogP contribution in [0.2, 0.25) is 0 Å². The van der Waals surface area contributed by atoms with Gasteiger partial charge in [0.2, 0.25) is 0 Å². The molecule has 1 N–H and O–H groups in total. The molecule has 0 saturated carbocycles. The van der Waals surface area contributed by atoms with E-state index < -0.39 is 0 Å². The van der Waals surface area contributed by atoms with Gasteiger partial charge in [-0.3, -0.25) is 4.79 Å². The fourth-order valence-corrected chi connectivity index (χ4v) is 4.41. The summed E-state index contributed by atoms with van der Waals surface area (Å²) in [6, 6.07) is 16.7. The number of carbonyl (C=O) groups excluding carboxylic acids is 1. The molecule has 4 rings (SSSR count). The van der Waals surface area contributed by atoms with E-state index in [0.717, 1.165) is 55.0 Å². The number of likely N-dealkylation sites (N-methyl/N-ethyl adjacent to an activating group) is 1. The topological polar surface area (TPSA) is 53.4 Å². The first kappa shape index (κ1) is 27.7. The zero-order valence-electron chi connectivity index (χ0n) is 20.4. The first-order valence-corrected chi connectivity index (χ1v) is 11.5. The Morgan fingerprint density at radius 3 is 2.38 bits per heavy atom. The molecular formula is C26H35Cl2N5O. The third-order valence-corrected chi connectivity index (χ3v) is 6.31. The molecule has 0 atom stereocenters. The summed E-state index contributed by atoms with van der Waals surface area (Å²) in [5, 5.41) is 7.93. The Bertz CT molecular complexity index is 1090. The van der Waals surface area contributed by atoms with E-state index >= 15 is 0 Å². The maximum atomic E-state index is 13.2. The van der Waals surface area contributed by atoms with Gasteiger partial charge in [0.15, 0.2) is 5.69 Å². The number of fused-ring (bicyclic) bond motifs is 3. The quantitative estimate of drug-likeness (QED) is 0.487. The van der Waals surface area contributed by atoms with Gasteiger partial charge in [-0.05, 0) is 55.8 Å². The number of hydrogen-bond donors (Lipinski definition) is 1. The van der Waals surface area contributed by atoms with Crippen LogP contribution in [0, 0.1) is 0 Å². The molecule has 0 saturated heterocycles. The lowest BCUT2D eigenvalue weighted by atomic mass is 9.88. The van der Waals surface area contributed by atoms with Crippen LogP contribution in [-0.4, -0.2) is 60.9 Å². The SMILES string of the molecule is CCN(CC)CCNC(=O)c1nn(-c2ccccc2)c2c1CCc1cc(N(C)C)ccc1-2.Cl.Cl. The first-order chi connectivity index (χ1) is 15.5. The normalized spacial score (nSPS) is 11.7. The number of nitrogens with one attached hydrogen (secondary N) is 1. The van der Waals surface area contributed by atoms with Crippen LogP contribution >= 0.6 is 24.8 Å². The Morgan fingerprint density at radius 2 is 1.74 bits per heavy atom. The van der Waals surface area contributed by atoms with Gasteiger partial charge in [0.1, 0.15) is 0 Å². The van der Waals surface area contributed by atoms with Gasteiger partial charge < -0.3 is 15.1 Å². The minimum Gasteiger partial charge on any atom is -0.378 e. The van der Waals surface area contributed by atoms with Gasteiger partial charge in [0, 0.05) is 44.0 Å². The Hall–Kier alpha value is -2.54. The predicted octanol–water partition coefficient (Wildman–Crippen LogP) is 4.62. The van der Waals surface area contributed by atoms with Gasteiger partial charge in [-0.1, -0.05) is 38.1 Å². The van der Waals surface area contributed by atoms with E-state index in [0.29, 0.717) is 12.2 Å². The summed E-state index contributed by atoms with van der Waals surface area (Å²) in [7, 11) is 4.12. The molecule has 0 fully saturated rings. The summed E-state index contributed by atoms with van der Waals surface area (Å²) in [5.41, 5.74) is 7.24. The molecule has 0 bridgehead atoms. The van der Waals surface area contributed by atoms with E-state index in [9.17, 15) is 4.79 Å². The van der Waals surface area contributed by atoms with E-state index in [2.05, 4.69) is 61.3 Å². The maximum absolute atomic E-state index is 13.2. The van der Waals surface area contributed by atoms with Gasteiger partial charge in [0.05, 0.1) is 11.4 Å². The van der Waals surface area contributed by atoms with Crippen molar-refractivity contribution in [3.8, 4) is 16.9 Å². The summed E-state index contributed by atoms with van der Waals surface area (Å²) in [5.74, 6) is -0.0866. The number of nitrogens with zero attached hydrogens (tertiary/aromatic N) is 4. The van der Waals surface area contributed by atoms with Crippen LogP contribution in [0.3, 0.4) is 0 Å². The second-order valence-electron chi connectivity index (χ2n) is 8.44. The summed E-state index contributed by atoms with van der Waals surface area (Å²) in [6.45, 7) is 7.71. The standard InChI is InChI=1S/C26H33N5O.2ClH/c1-5-30(6-2)17-16-27-26(32)24-23-14-12-19-18-21(29(3)4)13-15-22(19)25(23)31(28-24)20-10-8-7-9-11-20;;/h7-11,13,15,18H,5-6,12,14,16-17H2,1-4H3,(H,27,32);2*1H. The summed E-state index contributed by atoms with van der Waals surface area (Å²) >= 11 is 0. The first-order valence-electron chi connectivity index (χ1n) is 11.5. The van der Waals surface area contributed by atoms with Crippen molar-refractivity contribution in [3.63, 3.8) is 0 Å². The summed E-state index contributed by atoms with van der Waals surface area (Å²) in [6.07, 6.45) is 1.72. The Balaban J connectivity index is 0.00000204. The van der Waals surface area contributed by atoms with Gasteiger partial charge in [0.25, 0.3) is 5.91 Å². The molecule has 1 amide bonds. The molecule has 8 heteroatoms. The summed E-state index contributed by atoms with van der Waals surface area (Å²) < 4.78 is 1.95. The van der Waals surface area contributed by atoms with Crippen molar-refractivity contribution in [1.29, 1.82) is 0 Å². The molecule has 0 spiro atoms. The highest BCUT2D eigenvalue weighted by Gasteiger charge is 2.29. The molecular weight excluding hydrogens is 469 g/mol. The second kappa shape index (κ2) is 12.2. The molecule has 3 aromatic rings. The maximum Gasteiger partial charge on any atom is 0.272 e. The van der Waals surface area contributed by atoms with Crippen LogP contribution < -0.4 is 10.2 Å². The van der Waals surface area contributed by atoms with Crippen molar-refractivity contribution in [2.75, 3.05) is 45.2 Å². The van der Waals surface area contributed by atoms with Crippen molar-refractivity contribution in [3.05, 3.63) is 65.4 Å². The van der Waals surface area contributed by atoms with Crippen LogP contribution in [0.4, 0.5) is 5.69 Å². The molecule has 2 aromatic carbocycles. The fourth-order valence-electron chi connectivity index (χ4n) is 4.41. The Morgan fingerprint density at radius 1 is 1.03 bits per heavy atom. The van der Waals surface area contributed by atoms with Crippen LogP contribution in [0.15, 0.2) is 48.5 Å². The largest absolute Gasteiger partial charge is 0.378 e. The predicted molar refractivity (Wildman–Crippen MR) is 145 cm³/mol. The molecule has 1 aliphatic carbocycles. The number of para-hydroxylation sites is 1. The van der Waals surface area contributed by atoms with Crippen molar-refractivity contribution < 1.29 is 4.79 Å². The number of aromatic nitrogens is 2. The average molecular weight is 505 g/mol. The molecule has 1 aliphatic rings. The lowest BCUT2D eigenvalue weighted by Crippen LogP contribution is -2.35. The molecule has 184 valence electrons. The molecule has 0 radical (unpaired) electrons. The smallest absolute Gasteiger partial charge is 0.272 e. The lowest BCUT2D eigenvalue weighted by Gasteiger charge is -2.22. The average Bonchev–Trinajstić information content (AvgIpc) is 3.22. The number of anilines is 1. The van der Waals surface area contributed by atoms with E-state index in [4.69, 9.17) is 5.10 Å². The minimum absolute atomic E-state index is 0. The number of rotatable bonds is 8. The second-order valence-corrected chi connectivity index (χ2v) is 8.44. The number of amides is 1. The fraction of sp³-hybridized carbons (Fsp3) is 0.385. The molecule has 1 aromatic heterocycles. The van der Waals surface area contributed by atoms with E-state index in [-0.39, 0.29) is 30.7 Å². The lowest BCUT2D eigenvalue weighted by molar-refractivity contribution is 0.0942. The van der Waals surface area contributed by atoms with E-state index in [1.165, 1.54) is 11.3 Å². The zero-order chi connectivity index (χ0) is 22.7. The zero-order valence-corrected chi connectivity index (χ0v) is 22.0. The molecule has 1 heterocycles. The highest BCUT2D eigenvalue weighted by atomic mass is 35.5. The minimum atomic E-state index is -0.0866. The third-order valence-electron chi connectivity index (χ3n) is 6.31. The van der Waals surface area contributed by atoms with Gasteiger partial charge in [-0.2, -0.15) is 5.10 Å². The third kappa shape index (κ3) is 5.57. The number of benzene rings is 2. The highest BCUT2D eigenvalue weighted by Crippen LogP contribution is 2.38. The number of carbonyl (C=O) groups is 1. The van der Waals surface area contributed by atoms with Crippen LogP contribution in [0.1, 0.15) is 35.5 Å². The van der Waals surface area contributed by atoms with Crippen molar-refractivity contribution >= 4 is 36.4 Å². The van der Waals surface area contributed by atoms with Crippen molar-refractivity contribution in [1.82, 2.24) is 20.0 Å². The van der Waals surface area contributed by atoms with Gasteiger partial charge in [-0.15, -0.1) is 24.8 Å². The molecule has 0 unspecified atom stereocenters. The molecule has 6 nitrogen and oxygen atoms in total. The van der Waals surface area contributed by atoms with Crippen LogP contribution in [0.25, 0.3) is 16.9 Å². The van der Waals surface area contributed by atoms with E-state index in [1.54, 1.807) is 0 Å². The number of hydrogen-bond acceptors (Lipinski definition) is 4.